The van der Waals surface area contributed by atoms with Crippen LogP contribution < -0.4 is 10.2 Å². The van der Waals surface area contributed by atoms with E-state index in [1.807, 2.05) is 0 Å². The van der Waals surface area contributed by atoms with Crippen LogP contribution in [0.5, 0.6) is 0 Å². The van der Waals surface area contributed by atoms with Crippen LogP contribution in [0.25, 0.3) is 0 Å². The number of anilines is 1. The van der Waals surface area contributed by atoms with E-state index in [-0.39, 0.29) is 12.4 Å². The molecule has 0 amide bonds. The number of hydrogen-bond donors (Lipinski definition) is 1. The van der Waals surface area contributed by atoms with Crippen LogP contribution in [0.3, 0.4) is 0 Å². The van der Waals surface area contributed by atoms with Gasteiger partial charge in [-0.2, -0.15) is 4.98 Å². The van der Waals surface area contributed by atoms with Crippen molar-refractivity contribution < 1.29 is 4.52 Å². The lowest BCUT2D eigenvalue weighted by molar-refractivity contribution is 0.257. The summed E-state index contributed by atoms with van der Waals surface area (Å²) in [6, 6.07) is 0. The molecule has 1 N–H and O–H groups in total. The fraction of sp³-hybridized carbons (Fsp3) is 0.846. The van der Waals surface area contributed by atoms with Crippen LogP contribution in [0.1, 0.15) is 38.5 Å². The summed E-state index contributed by atoms with van der Waals surface area (Å²) in [5.41, 5.74) is 0.448. The van der Waals surface area contributed by atoms with Crippen LogP contribution in [-0.2, 0) is 6.42 Å². The molecule has 1 aromatic rings. The van der Waals surface area contributed by atoms with E-state index >= 15 is 0 Å². The molecule has 3 rings (SSSR count). The molecule has 0 bridgehead atoms. The number of piperidine rings is 1. The van der Waals surface area contributed by atoms with E-state index in [0.29, 0.717) is 5.41 Å². The van der Waals surface area contributed by atoms with E-state index in [9.17, 15) is 0 Å². The van der Waals surface area contributed by atoms with E-state index in [1.165, 1.54) is 19.3 Å². The molecular formula is C13H23ClN4O. The second kappa shape index (κ2) is 6.09. The highest BCUT2D eigenvalue weighted by Gasteiger charge is 2.38. The van der Waals surface area contributed by atoms with Gasteiger partial charge in [0.15, 0.2) is 0 Å². The van der Waals surface area contributed by atoms with E-state index in [4.69, 9.17) is 4.52 Å². The van der Waals surface area contributed by atoms with Crippen molar-refractivity contribution in [2.75, 3.05) is 31.1 Å². The van der Waals surface area contributed by atoms with E-state index in [0.717, 1.165) is 50.9 Å². The summed E-state index contributed by atoms with van der Waals surface area (Å²) in [5.74, 6) is 1.57. The zero-order chi connectivity index (χ0) is 12.4. The third-order valence-corrected chi connectivity index (χ3v) is 4.20. The molecule has 3 heterocycles. The number of aryl methyl sites for hydroxylation is 1. The maximum atomic E-state index is 5.29. The molecule has 108 valence electrons. The summed E-state index contributed by atoms with van der Waals surface area (Å²) in [7, 11) is 0. The second-order valence-electron chi connectivity index (χ2n) is 5.69. The van der Waals surface area contributed by atoms with Gasteiger partial charge in [-0.25, -0.2) is 0 Å². The summed E-state index contributed by atoms with van der Waals surface area (Å²) in [4.78, 5) is 6.81. The first-order valence-electron chi connectivity index (χ1n) is 7.10. The Hall–Kier alpha value is -0.810. The first kappa shape index (κ1) is 14.6. The topological polar surface area (TPSA) is 54.2 Å². The zero-order valence-corrected chi connectivity index (χ0v) is 12.3. The molecule has 1 unspecified atom stereocenters. The summed E-state index contributed by atoms with van der Waals surface area (Å²) in [5, 5.41) is 7.62. The smallest absolute Gasteiger partial charge is 0.266 e. The van der Waals surface area contributed by atoms with Gasteiger partial charge in [-0.1, -0.05) is 6.92 Å². The Kier molecular flexibility index (Phi) is 4.68. The monoisotopic (exact) mass is 286 g/mol. The first-order valence-corrected chi connectivity index (χ1v) is 7.10. The fourth-order valence-electron chi connectivity index (χ4n) is 3.21. The van der Waals surface area contributed by atoms with E-state index < -0.39 is 0 Å². The largest absolute Gasteiger partial charge is 0.338 e. The van der Waals surface area contributed by atoms with Gasteiger partial charge >= 0.3 is 0 Å². The lowest BCUT2D eigenvalue weighted by atomic mass is 9.79. The minimum Gasteiger partial charge on any atom is -0.338 e. The first-order chi connectivity index (χ1) is 8.81. The predicted molar refractivity (Wildman–Crippen MR) is 76.9 cm³/mol. The Bertz CT molecular complexity index is 403. The van der Waals surface area contributed by atoms with Crippen LogP contribution in [0.2, 0.25) is 0 Å². The predicted octanol–water partition coefficient (Wildman–Crippen LogP) is 2.02. The minimum atomic E-state index is 0. The van der Waals surface area contributed by atoms with Gasteiger partial charge in [0.05, 0.1) is 0 Å². The van der Waals surface area contributed by atoms with Crippen molar-refractivity contribution in [1.82, 2.24) is 15.5 Å². The quantitative estimate of drug-likeness (QED) is 0.921. The van der Waals surface area contributed by atoms with Crippen molar-refractivity contribution in [2.45, 2.75) is 39.0 Å². The maximum absolute atomic E-state index is 5.29. The molecule has 2 aliphatic heterocycles. The van der Waals surface area contributed by atoms with Crippen LogP contribution in [0.4, 0.5) is 5.95 Å². The van der Waals surface area contributed by atoms with Crippen molar-refractivity contribution >= 4 is 18.4 Å². The van der Waals surface area contributed by atoms with E-state index in [2.05, 4.69) is 27.3 Å². The molecule has 1 spiro atoms. The normalized spacial score (nSPS) is 26.7. The lowest BCUT2D eigenvalue weighted by Gasteiger charge is -2.39. The second-order valence-corrected chi connectivity index (χ2v) is 5.69. The molecule has 6 heteroatoms. The Morgan fingerprint density at radius 1 is 1.42 bits per heavy atom. The number of nitrogens with zero attached hydrogens (tertiary/aromatic N) is 3. The average Bonchev–Trinajstić information content (AvgIpc) is 3.00. The minimum absolute atomic E-state index is 0. The summed E-state index contributed by atoms with van der Waals surface area (Å²) in [6.45, 7) is 6.56. The van der Waals surface area contributed by atoms with Crippen molar-refractivity contribution in [2.24, 2.45) is 5.41 Å². The van der Waals surface area contributed by atoms with Crippen molar-refractivity contribution in [1.29, 1.82) is 0 Å². The maximum Gasteiger partial charge on any atom is 0.266 e. The van der Waals surface area contributed by atoms with Crippen molar-refractivity contribution in [3.05, 3.63) is 5.89 Å². The van der Waals surface area contributed by atoms with Gasteiger partial charge in [-0.3, -0.25) is 0 Å². The van der Waals surface area contributed by atoms with Crippen LogP contribution >= 0.6 is 12.4 Å². The molecule has 19 heavy (non-hydrogen) atoms. The molecule has 0 saturated carbocycles. The highest BCUT2D eigenvalue weighted by Crippen LogP contribution is 2.36. The number of aromatic nitrogens is 2. The number of halogens is 1. The summed E-state index contributed by atoms with van der Waals surface area (Å²) >= 11 is 0. The third-order valence-electron chi connectivity index (χ3n) is 4.20. The Balaban J connectivity index is 0.00000133. The van der Waals surface area contributed by atoms with Gasteiger partial charge in [-0.05, 0) is 37.4 Å². The molecule has 0 aromatic carbocycles. The SMILES string of the molecule is CCCc1nc(N2CCCC3(CCNC3)C2)no1.Cl. The van der Waals surface area contributed by atoms with Gasteiger partial charge in [-0.15, -0.1) is 12.4 Å². The lowest BCUT2D eigenvalue weighted by Crippen LogP contribution is -2.45. The molecule has 2 saturated heterocycles. The fourth-order valence-corrected chi connectivity index (χ4v) is 3.21. The number of rotatable bonds is 3. The average molecular weight is 287 g/mol. The summed E-state index contributed by atoms with van der Waals surface area (Å²) < 4.78 is 5.29. The molecule has 1 atom stereocenters. The van der Waals surface area contributed by atoms with Crippen molar-refractivity contribution in [3.63, 3.8) is 0 Å². The van der Waals surface area contributed by atoms with Gasteiger partial charge < -0.3 is 14.7 Å². The Morgan fingerprint density at radius 2 is 2.32 bits per heavy atom. The highest BCUT2D eigenvalue weighted by atomic mass is 35.5. The van der Waals surface area contributed by atoms with Crippen molar-refractivity contribution in [3.8, 4) is 0 Å². The Morgan fingerprint density at radius 3 is 3.05 bits per heavy atom. The molecule has 0 radical (unpaired) electrons. The summed E-state index contributed by atoms with van der Waals surface area (Å²) in [6.07, 6.45) is 5.78. The number of nitrogens with one attached hydrogen (secondary N) is 1. The van der Waals surface area contributed by atoms with Gasteiger partial charge in [0.25, 0.3) is 5.95 Å². The molecule has 0 aliphatic carbocycles. The molecule has 1 aromatic heterocycles. The third kappa shape index (κ3) is 3.03. The van der Waals surface area contributed by atoms with Gasteiger partial charge in [0, 0.05) is 31.5 Å². The van der Waals surface area contributed by atoms with Crippen LogP contribution in [0.15, 0.2) is 4.52 Å². The zero-order valence-electron chi connectivity index (χ0n) is 11.5. The highest BCUT2D eigenvalue weighted by molar-refractivity contribution is 5.85. The molecule has 2 aliphatic rings. The standard InChI is InChI=1S/C13H22N4O.ClH/c1-2-4-11-15-12(16-18-11)17-8-3-5-13(10-17)6-7-14-9-13;/h14H,2-10H2,1H3;1H. The molecule has 5 nitrogen and oxygen atoms in total. The molecule has 2 fully saturated rings. The van der Waals surface area contributed by atoms with Gasteiger partial charge in [0.1, 0.15) is 0 Å². The van der Waals surface area contributed by atoms with Crippen LogP contribution in [-0.4, -0.2) is 36.3 Å². The molecular weight excluding hydrogens is 264 g/mol. The Labute approximate surface area is 120 Å². The number of hydrogen-bond acceptors (Lipinski definition) is 5. The van der Waals surface area contributed by atoms with Crippen LogP contribution in [0, 0.1) is 5.41 Å². The van der Waals surface area contributed by atoms with E-state index in [1.54, 1.807) is 0 Å². The van der Waals surface area contributed by atoms with Gasteiger partial charge in [0.2, 0.25) is 5.89 Å².